The van der Waals surface area contributed by atoms with Crippen LogP contribution in [0.15, 0.2) is 90.5 Å². The molecular weight excluding hydrogens is 468 g/mol. The van der Waals surface area contributed by atoms with E-state index in [-0.39, 0.29) is 22.6 Å². The number of rotatable bonds is 6. The van der Waals surface area contributed by atoms with Crippen molar-refractivity contribution in [2.75, 3.05) is 4.90 Å². The number of nitrogens with zero attached hydrogens (tertiary/aromatic N) is 4. The zero-order chi connectivity index (χ0) is 25.5. The quantitative estimate of drug-likeness (QED) is 0.280. The minimum Gasteiger partial charge on any atom is -0.508 e. The van der Waals surface area contributed by atoms with Crippen LogP contribution in [0.25, 0.3) is 17.7 Å². The van der Waals surface area contributed by atoms with E-state index in [4.69, 9.17) is 10.5 Å². The summed E-state index contributed by atoms with van der Waals surface area (Å²) in [6, 6.07) is 30.7. The van der Waals surface area contributed by atoms with Gasteiger partial charge in [0.1, 0.15) is 35.3 Å². The lowest BCUT2D eigenvalue weighted by molar-refractivity contribution is 0.475. The van der Waals surface area contributed by atoms with Gasteiger partial charge in [-0.1, -0.05) is 18.2 Å². The predicted octanol–water partition coefficient (Wildman–Crippen LogP) is 7.12. The Bertz CT molecular complexity index is 1500. The third-order valence-electron chi connectivity index (χ3n) is 5.27. The summed E-state index contributed by atoms with van der Waals surface area (Å²) in [6.07, 6.45) is 3.85. The van der Waals surface area contributed by atoms with E-state index in [0.717, 1.165) is 27.5 Å². The molecule has 3 aromatic carbocycles. The lowest BCUT2D eigenvalue weighted by Gasteiger charge is -2.25. The van der Waals surface area contributed by atoms with Crippen molar-refractivity contribution >= 4 is 46.1 Å². The molecule has 0 fully saturated rings. The molecule has 36 heavy (non-hydrogen) atoms. The molecule has 0 atom stereocenters. The second kappa shape index (κ2) is 10.8. The maximum Gasteiger partial charge on any atom is 0.148 e. The molecule has 1 aromatic heterocycles. The molecule has 0 amide bonds. The van der Waals surface area contributed by atoms with Gasteiger partial charge in [-0.15, -0.1) is 11.3 Å². The van der Waals surface area contributed by atoms with Gasteiger partial charge >= 0.3 is 0 Å². The van der Waals surface area contributed by atoms with Crippen molar-refractivity contribution in [1.29, 1.82) is 15.8 Å². The van der Waals surface area contributed by atoms with Crippen LogP contribution in [0.4, 0.5) is 17.1 Å². The van der Waals surface area contributed by atoms with Crippen molar-refractivity contribution in [2.24, 2.45) is 0 Å². The van der Waals surface area contributed by atoms with Gasteiger partial charge in [-0.05, 0) is 84.4 Å². The van der Waals surface area contributed by atoms with Crippen molar-refractivity contribution in [3.05, 3.63) is 106 Å². The molecule has 0 aliphatic rings. The summed E-state index contributed by atoms with van der Waals surface area (Å²) in [5.74, 6) is 0.353. The number of benzene rings is 3. The number of anilines is 3. The minimum absolute atomic E-state index is 0.0811. The van der Waals surface area contributed by atoms with Gasteiger partial charge in [0.2, 0.25) is 0 Å². The van der Waals surface area contributed by atoms with Gasteiger partial charge in [0.25, 0.3) is 0 Å². The SMILES string of the molecule is N#CC(C#N)=C(C#N)c1ccc(/C=C/c2ccc(N(c3ccc(O)cc3)c3ccc(O)cc3)cc2)s1. The number of aromatic hydroxyl groups is 2. The first-order valence-electron chi connectivity index (χ1n) is 10.7. The van der Waals surface area contributed by atoms with E-state index in [0.29, 0.717) is 4.88 Å². The molecule has 0 aliphatic heterocycles. The highest BCUT2D eigenvalue weighted by atomic mass is 32.1. The molecule has 0 radical (unpaired) electrons. The number of thiophene rings is 1. The lowest BCUT2D eigenvalue weighted by Crippen LogP contribution is -2.09. The van der Waals surface area contributed by atoms with Gasteiger partial charge in [-0.25, -0.2) is 0 Å². The van der Waals surface area contributed by atoms with Crippen LogP contribution in [0.5, 0.6) is 11.5 Å². The molecule has 172 valence electrons. The molecule has 0 aliphatic carbocycles. The van der Waals surface area contributed by atoms with Crippen LogP contribution >= 0.6 is 11.3 Å². The number of allylic oxidation sites excluding steroid dienone is 2. The largest absolute Gasteiger partial charge is 0.508 e. The van der Waals surface area contributed by atoms with E-state index in [9.17, 15) is 15.5 Å². The van der Waals surface area contributed by atoms with E-state index in [1.807, 2.05) is 77.7 Å². The molecule has 7 heteroatoms. The van der Waals surface area contributed by atoms with Crippen LogP contribution in [0.2, 0.25) is 0 Å². The predicted molar refractivity (Wildman–Crippen MR) is 141 cm³/mol. The highest BCUT2D eigenvalue weighted by molar-refractivity contribution is 7.14. The third-order valence-corrected chi connectivity index (χ3v) is 6.33. The molecule has 0 unspecified atom stereocenters. The van der Waals surface area contributed by atoms with E-state index in [2.05, 4.69) is 0 Å². The summed E-state index contributed by atoms with van der Waals surface area (Å²) in [6.45, 7) is 0. The van der Waals surface area contributed by atoms with E-state index in [1.165, 1.54) is 11.3 Å². The molecule has 2 N–H and O–H groups in total. The molecule has 0 saturated carbocycles. The van der Waals surface area contributed by atoms with Crippen molar-refractivity contribution in [1.82, 2.24) is 0 Å². The van der Waals surface area contributed by atoms with Gasteiger partial charge in [-0.3, -0.25) is 0 Å². The number of phenols is 2. The summed E-state index contributed by atoms with van der Waals surface area (Å²) in [5.41, 5.74) is 3.43. The Hall–Kier alpha value is -5.29. The Morgan fingerprint density at radius 1 is 0.639 bits per heavy atom. The van der Waals surface area contributed by atoms with Crippen molar-refractivity contribution < 1.29 is 10.2 Å². The van der Waals surface area contributed by atoms with Crippen LogP contribution in [0.1, 0.15) is 15.3 Å². The Morgan fingerprint density at radius 2 is 1.14 bits per heavy atom. The summed E-state index contributed by atoms with van der Waals surface area (Å²) in [4.78, 5) is 3.46. The van der Waals surface area contributed by atoms with Crippen molar-refractivity contribution in [3.8, 4) is 29.7 Å². The maximum absolute atomic E-state index is 9.70. The van der Waals surface area contributed by atoms with Gasteiger partial charge in [0.05, 0.1) is 5.57 Å². The molecule has 0 spiro atoms. The van der Waals surface area contributed by atoms with E-state index in [1.54, 1.807) is 42.5 Å². The summed E-state index contributed by atoms with van der Waals surface area (Å²) >= 11 is 1.33. The fraction of sp³-hybridized carbons (Fsp3) is 0. The normalized spacial score (nSPS) is 10.2. The zero-order valence-corrected chi connectivity index (χ0v) is 19.6. The van der Waals surface area contributed by atoms with Gasteiger partial charge < -0.3 is 15.1 Å². The van der Waals surface area contributed by atoms with Gasteiger partial charge in [0, 0.05) is 26.8 Å². The second-order valence-electron chi connectivity index (χ2n) is 7.58. The van der Waals surface area contributed by atoms with E-state index < -0.39 is 0 Å². The van der Waals surface area contributed by atoms with E-state index >= 15 is 0 Å². The topological polar surface area (TPSA) is 115 Å². The Labute approximate surface area is 212 Å². The monoisotopic (exact) mass is 486 g/mol. The van der Waals surface area contributed by atoms with Crippen LogP contribution in [0.3, 0.4) is 0 Å². The van der Waals surface area contributed by atoms with Crippen LogP contribution in [-0.4, -0.2) is 10.2 Å². The summed E-state index contributed by atoms with van der Waals surface area (Å²) in [7, 11) is 0. The maximum atomic E-state index is 9.70. The van der Waals surface area contributed by atoms with Crippen LogP contribution < -0.4 is 4.90 Å². The van der Waals surface area contributed by atoms with Crippen molar-refractivity contribution in [3.63, 3.8) is 0 Å². The highest BCUT2D eigenvalue weighted by Crippen LogP contribution is 2.36. The first kappa shape index (κ1) is 23.9. The molecule has 0 bridgehead atoms. The standard InChI is InChI=1S/C29H18N4O2S/c30-17-21(18-31)28(19-32)29-16-15-27(36-29)14-3-20-1-4-22(5-2-20)33(23-6-10-25(34)11-7-23)24-8-12-26(35)13-9-24/h1-16,34-35H/b14-3+. The van der Waals surface area contributed by atoms with Crippen LogP contribution in [-0.2, 0) is 0 Å². The van der Waals surface area contributed by atoms with Crippen LogP contribution in [0, 0.1) is 34.0 Å². The summed E-state index contributed by atoms with van der Waals surface area (Å²) in [5, 5.41) is 46.9. The smallest absolute Gasteiger partial charge is 0.148 e. The van der Waals surface area contributed by atoms with Gasteiger partial charge in [-0.2, -0.15) is 15.8 Å². The Morgan fingerprint density at radius 3 is 1.61 bits per heavy atom. The fourth-order valence-electron chi connectivity index (χ4n) is 3.51. The molecule has 4 rings (SSSR count). The Kier molecular flexibility index (Phi) is 7.13. The number of nitriles is 3. The minimum atomic E-state index is -0.197. The molecular formula is C29H18N4O2S. The Balaban J connectivity index is 1.60. The first-order valence-corrected chi connectivity index (χ1v) is 11.5. The first-order chi connectivity index (χ1) is 17.5. The highest BCUT2D eigenvalue weighted by Gasteiger charge is 2.13. The average molecular weight is 487 g/mol. The summed E-state index contributed by atoms with van der Waals surface area (Å²) < 4.78 is 0. The van der Waals surface area contributed by atoms with Gasteiger partial charge in [0.15, 0.2) is 0 Å². The molecule has 4 aromatic rings. The molecule has 0 saturated heterocycles. The number of hydrogen-bond acceptors (Lipinski definition) is 7. The third kappa shape index (κ3) is 5.26. The fourth-order valence-corrected chi connectivity index (χ4v) is 4.42. The number of phenolic OH excluding ortho intramolecular Hbond substituents is 2. The lowest BCUT2D eigenvalue weighted by atomic mass is 10.1. The molecule has 6 nitrogen and oxygen atoms in total. The number of hydrogen-bond donors (Lipinski definition) is 2. The average Bonchev–Trinajstić information content (AvgIpc) is 3.37. The second-order valence-corrected chi connectivity index (χ2v) is 8.70. The molecule has 1 heterocycles. The zero-order valence-electron chi connectivity index (χ0n) is 18.8. The van der Waals surface area contributed by atoms with Crippen molar-refractivity contribution in [2.45, 2.75) is 0 Å².